The van der Waals surface area contributed by atoms with Crippen molar-refractivity contribution in [3.8, 4) is 28.7 Å². The van der Waals surface area contributed by atoms with Crippen LogP contribution in [0.25, 0.3) is 11.1 Å². The van der Waals surface area contributed by atoms with Crippen molar-refractivity contribution in [2.45, 2.75) is 0 Å². The minimum atomic E-state index is -0.583. The molecule has 0 saturated carbocycles. The molecule has 0 aliphatic rings. The van der Waals surface area contributed by atoms with Crippen molar-refractivity contribution in [2.75, 3.05) is 6.61 Å². The van der Waals surface area contributed by atoms with Crippen molar-refractivity contribution in [1.82, 2.24) is 0 Å². The van der Waals surface area contributed by atoms with Crippen LogP contribution in [-0.2, 0) is 4.79 Å². The first kappa shape index (κ1) is 17.2. The molecule has 0 aliphatic heterocycles. The number of esters is 1. The Morgan fingerprint density at radius 1 is 0.923 bits per heavy atom. The highest BCUT2D eigenvalue weighted by Crippen LogP contribution is 2.23. The average Bonchev–Trinajstić information content (AvgIpc) is 2.67. The van der Waals surface area contributed by atoms with Crippen molar-refractivity contribution in [3.05, 3.63) is 84.2 Å². The fourth-order valence-corrected chi connectivity index (χ4v) is 2.31. The van der Waals surface area contributed by atoms with Gasteiger partial charge in [0.05, 0.1) is 11.6 Å². The fourth-order valence-electron chi connectivity index (χ4n) is 2.31. The van der Waals surface area contributed by atoms with Crippen LogP contribution in [0.5, 0.6) is 11.5 Å². The van der Waals surface area contributed by atoms with Gasteiger partial charge in [-0.3, -0.25) is 0 Å². The quantitative estimate of drug-likeness (QED) is 0.509. The Kier molecular flexibility index (Phi) is 5.25. The monoisotopic (exact) mass is 347 g/mol. The lowest BCUT2D eigenvalue weighted by molar-refractivity contribution is -0.136. The smallest absolute Gasteiger partial charge is 0.349 e. The Balaban J connectivity index is 1.58. The summed E-state index contributed by atoms with van der Waals surface area (Å²) in [7, 11) is 0. The molecular weight excluding hydrogens is 333 g/mol. The van der Waals surface area contributed by atoms with Gasteiger partial charge in [0.1, 0.15) is 17.3 Å². The number of carbonyl (C=O) groups excluding carboxylic acids is 1. The summed E-state index contributed by atoms with van der Waals surface area (Å²) in [6.45, 7) is -0.319. The van der Waals surface area contributed by atoms with E-state index in [9.17, 15) is 9.18 Å². The van der Waals surface area contributed by atoms with E-state index in [0.29, 0.717) is 11.3 Å². The maximum Gasteiger partial charge on any atom is 0.349 e. The Bertz CT molecular complexity index is 944. The van der Waals surface area contributed by atoms with Crippen LogP contribution in [0.2, 0.25) is 0 Å². The highest BCUT2D eigenvalue weighted by molar-refractivity contribution is 5.74. The van der Waals surface area contributed by atoms with Gasteiger partial charge in [-0.2, -0.15) is 5.26 Å². The molecule has 3 aromatic rings. The number of halogens is 1. The lowest BCUT2D eigenvalue weighted by atomic mass is 10.0. The standard InChI is InChI=1S/C21H14FNO3/c22-18-2-1-3-20(12-18)25-14-21(24)26-19-10-8-17(9-11-19)16-6-4-15(13-23)5-7-16/h1-12H,14H2. The van der Waals surface area contributed by atoms with Gasteiger partial charge < -0.3 is 9.47 Å². The zero-order valence-corrected chi connectivity index (χ0v) is 13.7. The predicted octanol–water partition coefficient (Wildman–Crippen LogP) is 4.35. The number of ether oxygens (including phenoxy) is 2. The topological polar surface area (TPSA) is 59.3 Å². The summed E-state index contributed by atoms with van der Waals surface area (Å²) in [6.07, 6.45) is 0. The van der Waals surface area contributed by atoms with Crippen molar-refractivity contribution < 1.29 is 18.7 Å². The molecule has 0 unspecified atom stereocenters. The van der Waals surface area contributed by atoms with Crippen LogP contribution < -0.4 is 9.47 Å². The lowest BCUT2D eigenvalue weighted by Gasteiger charge is -2.08. The van der Waals surface area contributed by atoms with Crippen LogP contribution in [0.3, 0.4) is 0 Å². The van der Waals surface area contributed by atoms with E-state index in [1.165, 1.54) is 18.2 Å². The molecule has 3 aromatic carbocycles. The van der Waals surface area contributed by atoms with Gasteiger partial charge in [0.15, 0.2) is 6.61 Å². The van der Waals surface area contributed by atoms with Gasteiger partial charge in [-0.05, 0) is 47.5 Å². The number of hydrogen-bond acceptors (Lipinski definition) is 4. The first-order valence-electron chi connectivity index (χ1n) is 7.84. The lowest BCUT2D eigenvalue weighted by Crippen LogP contribution is -2.17. The Hall–Kier alpha value is -3.65. The van der Waals surface area contributed by atoms with Crippen molar-refractivity contribution in [1.29, 1.82) is 5.26 Å². The van der Waals surface area contributed by atoms with Gasteiger partial charge in [-0.1, -0.05) is 30.3 Å². The van der Waals surface area contributed by atoms with Crippen molar-refractivity contribution >= 4 is 5.97 Å². The number of nitriles is 1. The van der Waals surface area contributed by atoms with E-state index < -0.39 is 11.8 Å². The summed E-state index contributed by atoms with van der Waals surface area (Å²) in [5.41, 5.74) is 2.49. The van der Waals surface area contributed by atoms with Crippen LogP contribution in [0.1, 0.15) is 5.56 Å². The number of carbonyl (C=O) groups is 1. The molecule has 0 N–H and O–H groups in total. The third kappa shape index (κ3) is 4.46. The van der Waals surface area contributed by atoms with Gasteiger partial charge in [-0.25, -0.2) is 9.18 Å². The zero-order chi connectivity index (χ0) is 18.4. The molecule has 0 aromatic heterocycles. The summed E-state index contributed by atoms with van der Waals surface area (Å²) in [5, 5.41) is 8.82. The summed E-state index contributed by atoms with van der Waals surface area (Å²) in [4.78, 5) is 11.8. The molecule has 0 fully saturated rings. The fraction of sp³-hybridized carbons (Fsp3) is 0.0476. The van der Waals surface area contributed by atoms with Crippen LogP contribution in [0.15, 0.2) is 72.8 Å². The van der Waals surface area contributed by atoms with Crippen LogP contribution >= 0.6 is 0 Å². The summed E-state index contributed by atoms with van der Waals surface area (Å²) in [6, 6.07) is 21.8. The average molecular weight is 347 g/mol. The second-order valence-corrected chi connectivity index (χ2v) is 5.43. The molecule has 0 amide bonds. The van der Waals surface area contributed by atoms with Crippen molar-refractivity contribution in [2.24, 2.45) is 0 Å². The maximum atomic E-state index is 13.0. The van der Waals surface area contributed by atoms with Gasteiger partial charge >= 0.3 is 5.97 Å². The maximum absolute atomic E-state index is 13.0. The van der Waals surface area contributed by atoms with E-state index in [1.54, 1.807) is 30.3 Å². The SMILES string of the molecule is N#Cc1ccc(-c2ccc(OC(=O)COc3cccc(F)c3)cc2)cc1. The molecule has 5 heteroatoms. The Morgan fingerprint density at radius 3 is 2.19 bits per heavy atom. The Labute approximate surface area is 150 Å². The largest absolute Gasteiger partial charge is 0.482 e. The molecule has 0 spiro atoms. The molecule has 0 heterocycles. The molecule has 3 rings (SSSR count). The summed E-state index contributed by atoms with van der Waals surface area (Å²) >= 11 is 0. The first-order valence-corrected chi connectivity index (χ1v) is 7.84. The van der Waals surface area contributed by atoms with E-state index in [0.717, 1.165) is 11.1 Å². The number of hydrogen-bond donors (Lipinski definition) is 0. The number of rotatable bonds is 5. The number of benzene rings is 3. The Morgan fingerprint density at radius 2 is 1.58 bits per heavy atom. The van der Waals surface area contributed by atoms with Crippen LogP contribution in [-0.4, -0.2) is 12.6 Å². The van der Waals surface area contributed by atoms with Crippen LogP contribution in [0.4, 0.5) is 4.39 Å². The molecule has 128 valence electrons. The van der Waals surface area contributed by atoms with Gasteiger partial charge in [0.25, 0.3) is 0 Å². The zero-order valence-electron chi connectivity index (χ0n) is 13.7. The molecule has 0 atom stereocenters. The van der Waals surface area contributed by atoms with E-state index in [4.69, 9.17) is 14.7 Å². The summed E-state index contributed by atoms with van der Waals surface area (Å²) in [5.74, 6) is -0.372. The van der Waals surface area contributed by atoms with Gasteiger partial charge in [0.2, 0.25) is 0 Å². The third-order valence-corrected chi connectivity index (χ3v) is 3.59. The normalized spacial score (nSPS) is 10.0. The molecule has 0 bridgehead atoms. The predicted molar refractivity (Wildman–Crippen MR) is 94.1 cm³/mol. The van der Waals surface area contributed by atoms with E-state index in [-0.39, 0.29) is 12.4 Å². The van der Waals surface area contributed by atoms with Gasteiger partial charge in [0, 0.05) is 6.07 Å². The summed E-state index contributed by atoms with van der Waals surface area (Å²) < 4.78 is 23.4. The minimum absolute atomic E-state index is 0.262. The highest BCUT2D eigenvalue weighted by atomic mass is 19.1. The van der Waals surface area contributed by atoms with Crippen molar-refractivity contribution in [3.63, 3.8) is 0 Å². The van der Waals surface area contributed by atoms with E-state index >= 15 is 0 Å². The first-order chi connectivity index (χ1) is 12.6. The molecule has 0 radical (unpaired) electrons. The second-order valence-electron chi connectivity index (χ2n) is 5.43. The van der Waals surface area contributed by atoms with Crippen LogP contribution in [0, 0.1) is 17.1 Å². The number of nitrogens with zero attached hydrogens (tertiary/aromatic N) is 1. The molecule has 4 nitrogen and oxygen atoms in total. The van der Waals surface area contributed by atoms with Gasteiger partial charge in [-0.15, -0.1) is 0 Å². The second kappa shape index (κ2) is 7.95. The van der Waals surface area contributed by atoms with E-state index in [2.05, 4.69) is 6.07 Å². The minimum Gasteiger partial charge on any atom is -0.482 e. The highest BCUT2D eigenvalue weighted by Gasteiger charge is 2.07. The molecular formula is C21H14FNO3. The molecule has 0 saturated heterocycles. The third-order valence-electron chi connectivity index (χ3n) is 3.59. The van der Waals surface area contributed by atoms with E-state index in [1.807, 2.05) is 24.3 Å². The molecule has 26 heavy (non-hydrogen) atoms. The molecule has 0 aliphatic carbocycles.